The Morgan fingerprint density at radius 2 is 2.00 bits per heavy atom. The first kappa shape index (κ1) is 13.2. The molecule has 0 saturated carbocycles. The third-order valence-corrected chi connectivity index (χ3v) is 3.19. The van der Waals surface area contributed by atoms with Gasteiger partial charge in [-0.1, -0.05) is 18.3 Å². The maximum absolute atomic E-state index is 12.3. The van der Waals surface area contributed by atoms with E-state index in [2.05, 4.69) is 15.5 Å². The van der Waals surface area contributed by atoms with Crippen LogP contribution in [0.2, 0.25) is 0 Å². The molecular formula is C8H13F3N4S. The monoisotopic (exact) mass is 254 g/mol. The molecule has 0 amide bonds. The highest BCUT2D eigenvalue weighted by Crippen LogP contribution is 2.33. The second-order valence-corrected chi connectivity index (χ2v) is 4.63. The van der Waals surface area contributed by atoms with Crippen LogP contribution in [0, 0.1) is 0 Å². The van der Waals surface area contributed by atoms with Crippen molar-refractivity contribution in [1.82, 2.24) is 10.2 Å². The number of anilines is 1. The van der Waals surface area contributed by atoms with Gasteiger partial charge in [-0.3, -0.25) is 0 Å². The van der Waals surface area contributed by atoms with Gasteiger partial charge < -0.3 is 11.1 Å². The molecule has 1 aromatic rings. The van der Waals surface area contributed by atoms with E-state index in [1.807, 2.05) is 13.8 Å². The molecule has 0 radical (unpaired) electrons. The molecule has 1 heterocycles. The fourth-order valence-electron chi connectivity index (χ4n) is 0.930. The van der Waals surface area contributed by atoms with Crippen molar-refractivity contribution in [1.29, 1.82) is 0 Å². The van der Waals surface area contributed by atoms with Crippen molar-refractivity contribution in [2.75, 3.05) is 11.9 Å². The van der Waals surface area contributed by atoms with Crippen molar-refractivity contribution in [3.05, 3.63) is 5.01 Å². The Morgan fingerprint density at radius 3 is 2.38 bits per heavy atom. The van der Waals surface area contributed by atoms with E-state index in [0.29, 0.717) is 24.3 Å². The van der Waals surface area contributed by atoms with Crippen LogP contribution in [-0.4, -0.2) is 22.3 Å². The predicted molar refractivity (Wildman–Crippen MR) is 56.3 cm³/mol. The topological polar surface area (TPSA) is 63.8 Å². The number of halogens is 3. The summed E-state index contributed by atoms with van der Waals surface area (Å²) in [7, 11) is 0. The molecule has 0 aliphatic carbocycles. The van der Waals surface area contributed by atoms with Gasteiger partial charge in [0.05, 0.1) is 0 Å². The molecule has 1 rings (SSSR count). The lowest BCUT2D eigenvalue weighted by Gasteiger charge is -2.27. The van der Waals surface area contributed by atoms with Gasteiger partial charge in [0, 0.05) is 12.1 Å². The van der Waals surface area contributed by atoms with E-state index in [4.69, 9.17) is 5.73 Å². The average molecular weight is 254 g/mol. The normalized spacial score (nSPS) is 15.9. The summed E-state index contributed by atoms with van der Waals surface area (Å²) in [5.41, 5.74) is 5.07. The second kappa shape index (κ2) is 4.54. The Morgan fingerprint density at radius 1 is 1.38 bits per heavy atom. The lowest BCUT2D eigenvalue weighted by Crippen LogP contribution is -2.41. The molecule has 4 nitrogen and oxygen atoms in total. The fraction of sp³-hybridized carbons (Fsp3) is 0.750. The quantitative estimate of drug-likeness (QED) is 0.863. The summed E-state index contributed by atoms with van der Waals surface area (Å²) < 4.78 is 36.8. The second-order valence-electron chi connectivity index (χ2n) is 3.65. The molecule has 0 fully saturated rings. The summed E-state index contributed by atoms with van der Waals surface area (Å²) >= 11 is 0.484. The Balaban J connectivity index is 2.80. The molecule has 1 atom stereocenters. The number of hydrogen-bond acceptors (Lipinski definition) is 5. The lowest BCUT2D eigenvalue weighted by molar-refractivity contribution is -0.138. The first-order valence-electron chi connectivity index (χ1n) is 4.69. The van der Waals surface area contributed by atoms with Crippen molar-refractivity contribution < 1.29 is 13.2 Å². The third-order valence-electron chi connectivity index (χ3n) is 2.31. The molecule has 3 N–H and O–H groups in total. The molecule has 0 saturated heterocycles. The van der Waals surface area contributed by atoms with Crippen LogP contribution in [0.15, 0.2) is 0 Å². The zero-order valence-corrected chi connectivity index (χ0v) is 9.74. The summed E-state index contributed by atoms with van der Waals surface area (Å²) in [5, 5.41) is 8.58. The average Bonchev–Trinajstić information content (AvgIpc) is 2.65. The highest BCUT2D eigenvalue weighted by atomic mass is 32.1. The molecule has 92 valence electrons. The van der Waals surface area contributed by atoms with E-state index in [-0.39, 0.29) is 5.13 Å². The largest absolute Gasteiger partial charge is 0.445 e. The van der Waals surface area contributed by atoms with E-state index in [1.165, 1.54) is 0 Å². The van der Waals surface area contributed by atoms with Gasteiger partial charge in [0.2, 0.25) is 10.1 Å². The standard InChI is InChI=1S/C8H13F3N4S/c1-3-7(2,4-12)13-6-15-14-5(16-6)8(9,10)11/h3-4,12H2,1-2H3,(H,13,15). The SMILES string of the molecule is CCC(C)(CN)Nc1nnc(C(F)(F)F)s1. The maximum atomic E-state index is 12.3. The van der Waals surface area contributed by atoms with Crippen LogP contribution in [0.25, 0.3) is 0 Å². The van der Waals surface area contributed by atoms with E-state index >= 15 is 0 Å². The van der Waals surface area contributed by atoms with E-state index in [9.17, 15) is 13.2 Å². The molecule has 1 unspecified atom stereocenters. The lowest BCUT2D eigenvalue weighted by atomic mass is 10.00. The van der Waals surface area contributed by atoms with Crippen LogP contribution in [0.1, 0.15) is 25.3 Å². The van der Waals surface area contributed by atoms with Crippen molar-refractivity contribution in [3.8, 4) is 0 Å². The van der Waals surface area contributed by atoms with Gasteiger partial charge in [0.15, 0.2) is 0 Å². The summed E-state index contributed by atoms with van der Waals surface area (Å²) in [6.07, 6.45) is -3.76. The van der Waals surface area contributed by atoms with Crippen LogP contribution < -0.4 is 11.1 Å². The summed E-state index contributed by atoms with van der Waals surface area (Å²) in [6, 6.07) is 0. The van der Waals surface area contributed by atoms with Crippen molar-refractivity contribution >= 4 is 16.5 Å². The van der Waals surface area contributed by atoms with Crippen molar-refractivity contribution in [2.24, 2.45) is 5.73 Å². The van der Waals surface area contributed by atoms with Crippen LogP contribution in [0.3, 0.4) is 0 Å². The first-order chi connectivity index (χ1) is 7.30. The van der Waals surface area contributed by atoms with Crippen LogP contribution in [0.5, 0.6) is 0 Å². The highest BCUT2D eigenvalue weighted by Gasteiger charge is 2.36. The Hall–Kier alpha value is -0.890. The van der Waals surface area contributed by atoms with Gasteiger partial charge in [-0.05, 0) is 13.3 Å². The molecule has 8 heteroatoms. The van der Waals surface area contributed by atoms with Gasteiger partial charge in [-0.15, -0.1) is 10.2 Å². The minimum Gasteiger partial charge on any atom is -0.354 e. The van der Waals surface area contributed by atoms with Gasteiger partial charge in [0.25, 0.3) is 0 Å². The minimum absolute atomic E-state index is 0.141. The summed E-state index contributed by atoms with van der Waals surface area (Å²) in [4.78, 5) is 0. The van der Waals surface area contributed by atoms with Crippen LogP contribution in [-0.2, 0) is 6.18 Å². The van der Waals surface area contributed by atoms with Crippen LogP contribution >= 0.6 is 11.3 Å². The Bertz CT molecular complexity index is 345. The Kier molecular flexibility index (Phi) is 3.74. The number of hydrogen-bond donors (Lipinski definition) is 2. The Labute approximate surface area is 95.1 Å². The van der Waals surface area contributed by atoms with Crippen molar-refractivity contribution in [3.63, 3.8) is 0 Å². The first-order valence-corrected chi connectivity index (χ1v) is 5.51. The van der Waals surface area contributed by atoms with Crippen molar-refractivity contribution in [2.45, 2.75) is 32.0 Å². The number of nitrogens with two attached hydrogens (primary N) is 1. The molecular weight excluding hydrogens is 241 g/mol. The highest BCUT2D eigenvalue weighted by molar-refractivity contribution is 7.15. The number of rotatable bonds is 4. The van der Waals surface area contributed by atoms with Gasteiger partial charge >= 0.3 is 6.18 Å². The molecule has 0 aliphatic heterocycles. The minimum atomic E-state index is -4.44. The van der Waals surface area contributed by atoms with Gasteiger partial charge in [-0.2, -0.15) is 13.2 Å². The van der Waals surface area contributed by atoms with E-state index < -0.39 is 16.7 Å². The number of aromatic nitrogens is 2. The van der Waals surface area contributed by atoms with Gasteiger partial charge in [-0.25, -0.2) is 0 Å². The zero-order chi connectivity index (χ0) is 12.4. The third kappa shape index (κ3) is 3.05. The predicted octanol–water partition coefficient (Wildman–Crippen LogP) is 2.10. The summed E-state index contributed by atoms with van der Waals surface area (Å²) in [5.74, 6) is 0. The number of nitrogens with one attached hydrogen (secondary N) is 1. The maximum Gasteiger partial charge on any atom is 0.445 e. The van der Waals surface area contributed by atoms with E-state index in [1.54, 1.807) is 0 Å². The summed E-state index contributed by atoms with van der Waals surface area (Å²) in [6.45, 7) is 4.03. The fourth-order valence-corrected chi connectivity index (χ4v) is 1.69. The zero-order valence-electron chi connectivity index (χ0n) is 8.93. The molecule has 1 aromatic heterocycles. The number of nitrogens with zero attached hydrogens (tertiary/aromatic N) is 2. The van der Waals surface area contributed by atoms with Gasteiger partial charge in [0.1, 0.15) is 0 Å². The molecule has 0 bridgehead atoms. The van der Waals surface area contributed by atoms with Crippen LogP contribution in [0.4, 0.5) is 18.3 Å². The number of alkyl halides is 3. The molecule has 0 aliphatic rings. The molecule has 16 heavy (non-hydrogen) atoms. The molecule has 0 aromatic carbocycles. The van der Waals surface area contributed by atoms with E-state index in [0.717, 1.165) is 0 Å². The molecule has 0 spiro atoms. The smallest absolute Gasteiger partial charge is 0.354 e.